The highest BCUT2D eigenvalue weighted by Crippen LogP contribution is 2.15. The summed E-state index contributed by atoms with van der Waals surface area (Å²) < 4.78 is 0. The zero-order valence-corrected chi connectivity index (χ0v) is 6.93. The lowest BCUT2D eigenvalue weighted by Gasteiger charge is -1.95. The van der Waals surface area contributed by atoms with Gasteiger partial charge in [-0.2, -0.15) is 5.32 Å². The van der Waals surface area contributed by atoms with Crippen LogP contribution in [0.3, 0.4) is 0 Å². The van der Waals surface area contributed by atoms with E-state index in [0.717, 1.165) is 0 Å². The zero-order chi connectivity index (χ0) is 8.27. The van der Waals surface area contributed by atoms with Gasteiger partial charge in [0, 0.05) is 5.02 Å². The molecule has 1 aromatic rings. The number of carbonyl (C=O) groups is 1. The lowest BCUT2D eigenvalue weighted by atomic mass is 10.3. The van der Waals surface area contributed by atoms with Crippen molar-refractivity contribution < 1.29 is 4.79 Å². The van der Waals surface area contributed by atoms with Gasteiger partial charge < -0.3 is 0 Å². The first-order chi connectivity index (χ1) is 5.18. The van der Waals surface area contributed by atoms with Gasteiger partial charge in [-0.05, 0) is 29.8 Å². The molecular weight excluding hydrogens is 185 g/mol. The average Bonchev–Trinajstić information content (AvgIpc) is 1.85. The first-order valence-electron chi connectivity index (χ1n) is 2.85. The molecule has 0 unspecified atom stereocenters. The molecule has 4 heteroatoms. The van der Waals surface area contributed by atoms with Crippen molar-refractivity contribution in [3.05, 3.63) is 29.3 Å². The van der Waals surface area contributed by atoms with Gasteiger partial charge in [0.1, 0.15) is 0 Å². The molecule has 0 saturated heterocycles. The molecule has 57 valence electrons. The van der Waals surface area contributed by atoms with Gasteiger partial charge in [-0.25, -0.2) is 0 Å². The van der Waals surface area contributed by atoms with E-state index in [1.54, 1.807) is 24.3 Å². The molecule has 0 N–H and O–H groups in total. The third-order valence-corrected chi connectivity index (χ3v) is 1.34. The summed E-state index contributed by atoms with van der Waals surface area (Å²) in [6, 6.07) is 6.59. The molecular formula is C7H4Cl2NO. The summed E-state index contributed by atoms with van der Waals surface area (Å²) in [5.41, 5.74) is 0.470. The Balaban J connectivity index is 2.79. The number of hydrogen-bond donors (Lipinski definition) is 0. The van der Waals surface area contributed by atoms with Crippen LogP contribution in [0.2, 0.25) is 5.02 Å². The second-order valence-corrected chi connectivity index (χ2v) is 2.60. The van der Waals surface area contributed by atoms with E-state index < -0.39 is 5.37 Å². The maximum atomic E-state index is 10.3. The van der Waals surface area contributed by atoms with Crippen molar-refractivity contribution in [2.75, 3.05) is 0 Å². The number of halogens is 2. The minimum Gasteiger partial charge on any atom is -0.253 e. The number of amides is 1. The molecule has 0 bridgehead atoms. The predicted molar refractivity (Wildman–Crippen MR) is 44.5 cm³/mol. The summed E-state index contributed by atoms with van der Waals surface area (Å²) in [4.78, 5) is 10.3. The van der Waals surface area contributed by atoms with Crippen LogP contribution in [0.25, 0.3) is 0 Å². The number of rotatable bonds is 1. The molecule has 2 nitrogen and oxygen atoms in total. The van der Waals surface area contributed by atoms with E-state index in [0.29, 0.717) is 10.7 Å². The minimum atomic E-state index is -0.743. The fourth-order valence-electron chi connectivity index (χ4n) is 0.647. The highest BCUT2D eigenvalue weighted by molar-refractivity contribution is 6.63. The Hall–Kier alpha value is -0.730. The normalized spacial score (nSPS) is 9.27. The second-order valence-electron chi connectivity index (χ2n) is 1.84. The molecule has 0 aliphatic rings. The van der Waals surface area contributed by atoms with Gasteiger partial charge in [0.25, 0.3) is 0 Å². The van der Waals surface area contributed by atoms with E-state index in [1.807, 2.05) is 0 Å². The second kappa shape index (κ2) is 3.60. The molecule has 0 heterocycles. The van der Waals surface area contributed by atoms with Gasteiger partial charge in [0.05, 0.1) is 5.69 Å². The molecule has 1 amide bonds. The molecule has 0 aliphatic heterocycles. The van der Waals surface area contributed by atoms with Crippen LogP contribution < -0.4 is 5.32 Å². The molecule has 0 aliphatic carbocycles. The Bertz CT molecular complexity index is 275. The fraction of sp³-hybridized carbons (Fsp3) is 0. The third-order valence-electron chi connectivity index (χ3n) is 1.03. The molecule has 1 rings (SSSR count). The van der Waals surface area contributed by atoms with Crippen LogP contribution in [-0.4, -0.2) is 5.37 Å². The summed E-state index contributed by atoms with van der Waals surface area (Å²) in [6.45, 7) is 0. The topological polar surface area (TPSA) is 31.2 Å². The van der Waals surface area contributed by atoms with Crippen molar-refractivity contribution in [3.63, 3.8) is 0 Å². The van der Waals surface area contributed by atoms with Crippen molar-refractivity contribution >= 4 is 34.3 Å². The van der Waals surface area contributed by atoms with Gasteiger partial charge in [-0.1, -0.05) is 17.7 Å². The monoisotopic (exact) mass is 188 g/mol. The number of nitrogens with zero attached hydrogens (tertiary/aromatic N) is 1. The Labute approximate surface area is 74.1 Å². The Morgan fingerprint density at radius 3 is 2.73 bits per heavy atom. The van der Waals surface area contributed by atoms with Gasteiger partial charge in [-0.15, -0.1) is 0 Å². The summed E-state index contributed by atoms with van der Waals surface area (Å²) in [5, 5.41) is 3.25. The molecule has 0 fully saturated rings. The summed E-state index contributed by atoms with van der Waals surface area (Å²) >= 11 is 10.6. The first-order valence-corrected chi connectivity index (χ1v) is 3.61. The van der Waals surface area contributed by atoms with Gasteiger partial charge in [-0.3, -0.25) is 4.79 Å². The first kappa shape index (κ1) is 8.37. The molecule has 0 saturated carbocycles. The predicted octanol–water partition coefficient (Wildman–Crippen LogP) is 2.93. The van der Waals surface area contributed by atoms with Crippen molar-refractivity contribution in [2.24, 2.45) is 0 Å². The highest BCUT2D eigenvalue weighted by Gasteiger charge is 1.98. The van der Waals surface area contributed by atoms with E-state index in [-0.39, 0.29) is 0 Å². The molecule has 0 atom stereocenters. The van der Waals surface area contributed by atoms with E-state index in [2.05, 4.69) is 5.32 Å². The number of hydrogen-bond acceptors (Lipinski definition) is 1. The van der Waals surface area contributed by atoms with E-state index >= 15 is 0 Å². The Kier molecular flexibility index (Phi) is 2.74. The maximum Gasteiger partial charge on any atom is 0.340 e. The number of carbonyl (C=O) groups excluding carboxylic acids is 1. The van der Waals surface area contributed by atoms with Crippen LogP contribution in [0.5, 0.6) is 0 Å². The highest BCUT2D eigenvalue weighted by atomic mass is 35.5. The van der Waals surface area contributed by atoms with Gasteiger partial charge in [0.2, 0.25) is 0 Å². The molecule has 1 aromatic carbocycles. The van der Waals surface area contributed by atoms with Crippen LogP contribution in [0, 0.1) is 0 Å². The molecule has 0 spiro atoms. The van der Waals surface area contributed by atoms with E-state index in [9.17, 15) is 4.79 Å². The molecule has 0 aromatic heterocycles. The van der Waals surface area contributed by atoms with Crippen LogP contribution >= 0.6 is 23.2 Å². The summed E-state index contributed by atoms with van der Waals surface area (Å²) in [6.07, 6.45) is 0. The lowest BCUT2D eigenvalue weighted by Crippen LogP contribution is -1.98. The van der Waals surface area contributed by atoms with Crippen LogP contribution in [0.1, 0.15) is 0 Å². The molecule has 1 radical (unpaired) electrons. The standard InChI is InChI=1S/C7H4Cl2NO/c8-5-2-1-3-6(4-5)10-7(9)11/h1-4H. The summed E-state index contributed by atoms with van der Waals surface area (Å²) in [7, 11) is 0. The van der Waals surface area contributed by atoms with Crippen LogP contribution in [0.15, 0.2) is 24.3 Å². The van der Waals surface area contributed by atoms with Gasteiger partial charge in [0.15, 0.2) is 0 Å². The van der Waals surface area contributed by atoms with Crippen molar-refractivity contribution in [2.45, 2.75) is 0 Å². The fourth-order valence-corrected chi connectivity index (χ4v) is 0.929. The van der Waals surface area contributed by atoms with Crippen LogP contribution in [0.4, 0.5) is 10.5 Å². The smallest absolute Gasteiger partial charge is 0.253 e. The Morgan fingerprint density at radius 2 is 2.18 bits per heavy atom. The van der Waals surface area contributed by atoms with E-state index in [4.69, 9.17) is 23.2 Å². The largest absolute Gasteiger partial charge is 0.340 e. The quantitative estimate of drug-likeness (QED) is 0.493. The number of benzene rings is 1. The Morgan fingerprint density at radius 1 is 1.45 bits per heavy atom. The van der Waals surface area contributed by atoms with Crippen molar-refractivity contribution in [1.29, 1.82) is 0 Å². The average molecular weight is 189 g/mol. The molecule has 11 heavy (non-hydrogen) atoms. The third kappa shape index (κ3) is 2.78. The van der Waals surface area contributed by atoms with Crippen LogP contribution in [-0.2, 0) is 0 Å². The maximum absolute atomic E-state index is 10.3. The summed E-state index contributed by atoms with van der Waals surface area (Å²) in [5.74, 6) is 0. The van der Waals surface area contributed by atoms with Crippen molar-refractivity contribution in [3.8, 4) is 0 Å². The SMILES string of the molecule is O=C(Cl)[N]c1cccc(Cl)c1. The minimum absolute atomic E-state index is 0.470. The zero-order valence-electron chi connectivity index (χ0n) is 5.42. The van der Waals surface area contributed by atoms with Crippen molar-refractivity contribution in [1.82, 2.24) is 5.32 Å². The lowest BCUT2D eigenvalue weighted by molar-refractivity contribution is 0.262. The van der Waals surface area contributed by atoms with E-state index in [1.165, 1.54) is 0 Å². The van der Waals surface area contributed by atoms with Gasteiger partial charge >= 0.3 is 5.37 Å².